The van der Waals surface area contributed by atoms with Gasteiger partial charge in [-0.3, -0.25) is 4.79 Å². The first-order valence-corrected chi connectivity index (χ1v) is 8.00. The normalized spacial score (nSPS) is 13.5. The lowest BCUT2D eigenvalue weighted by Crippen LogP contribution is -2.41. The predicted molar refractivity (Wildman–Crippen MR) is 88.7 cm³/mol. The lowest BCUT2D eigenvalue weighted by Gasteiger charge is -2.20. The van der Waals surface area contributed by atoms with Crippen LogP contribution in [0.5, 0.6) is 5.75 Å². The van der Waals surface area contributed by atoms with Crippen molar-refractivity contribution in [2.75, 3.05) is 7.11 Å². The van der Waals surface area contributed by atoms with Gasteiger partial charge in [0.25, 0.3) is 5.91 Å². The average molecular weight is 319 g/mol. The SMILES string of the molecule is COc1cc(C)sc1C(=O)NC(C)C(O)Cc1ccccc1. The van der Waals surface area contributed by atoms with Gasteiger partial charge < -0.3 is 15.2 Å². The lowest BCUT2D eigenvalue weighted by molar-refractivity contribution is 0.0853. The second kappa shape index (κ2) is 7.42. The van der Waals surface area contributed by atoms with E-state index in [-0.39, 0.29) is 11.9 Å². The van der Waals surface area contributed by atoms with Crippen LogP contribution in [0.4, 0.5) is 0 Å². The van der Waals surface area contributed by atoms with Crippen LogP contribution in [-0.4, -0.2) is 30.3 Å². The van der Waals surface area contributed by atoms with E-state index in [1.807, 2.05) is 43.3 Å². The van der Waals surface area contributed by atoms with E-state index < -0.39 is 6.10 Å². The average Bonchev–Trinajstić information content (AvgIpc) is 2.89. The Morgan fingerprint density at radius 3 is 2.68 bits per heavy atom. The minimum absolute atomic E-state index is 0.213. The van der Waals surface area contributed by atoms with Gasteiger partial charge in [0.05, 0.1) is 19.3 Å². The van der Waals surface area contributed by atoms with E-state index in [2.05, 4.69) is 5.32 Å². The third kappa shape index (κ3) is 4.08. The molecule has 0 aliphatic heterocycles. The predicted octanol–water partition coefficient (Wildman–Crippen LogP) is 2.79. The van der Waals surface area contributed by atoms with E-state index >= 15 is 0 Å². The first-order valence-electron chi connectivity index (χ1n) is 7.18. The van der Waals surface area contributed by atoms with E-state index in [4.69, 9.17) is 4.74 Å². The van der Waals surface area contributed by atoms with Crippen LogP contribution in [0.2, 0.25) is 0 Å². The molecule has 1 aromatic heterocycles. The number of aryl methyl sites for hydroxylation is 1. The molecule has 5 heteroatoms. The van der Waals surface area contributed by atoms with Crippen LogP contribution < -0.4 is 10.1 Å². The van der Waals surface area contributed by atoms with Gasteiger partial charge in [-0.15, -0.1) is 11.3 Å². The number of methoxy groups -OCH3 is 1. The van der Waals surface area contributed by atoms with Gasteiger partial charge in [-0.05, 0) is 25.5 Å². The summed E-state index contributed by atoms with van der Waals surface area (Å²) < 4.78 is 5.21. The maximum absolute atomic E-state index is 12.3. The number of carbonyl (C=O) groups excluding carboxylic acids is 1. The van der Waals surface area contributed by atoms with Crippen molar-refractivity contribution >= 4 is 17.2 Å². The molecular weight excluding hydrogens is 298 g/mol. The van der Waals surface area contributed by atoms with Crippen molar-refractivity contribution in [1.82, 2.24) is 5.32 Å². The Balaban J connectivity index is 1.98. The maximum atomic E-state index is 12.3. The molecule has 0 bridgehead atoms. The number of amides is 1. The Hall–Kier alpha value is -1.85. The van der Waals surface area contributed by atoms with E-state index in [1.165, 1.54) is 11.3 Å². The molecule has 2 rings (SSSR count). The highest BCUT2D eigenvalue weighted by atomic mass is 32.1. The molecule has 2 aromatic rings. The van der Waals surface area contributed by atoms with Crippen molar-refractivity contribution in [1.29, 1.82) is 0 Å². The summed E-state index contributed by atoms with van der Waals surface area (Å²) in [6.07, 6.45) is -0.137. The zero-order chi connectivity index (χ0) is 16.1. The van der Waals surface area contributed by atoms with Gasteiger partial charge in [-0.2, -0.15) is 0 Å². The van der Waals surface area contributed by atoms with Crippen molar-refractivity contribution in [2.24, 2.45) is 0 Å². The summed E-state index contributed by atoms with van der Waals surface area (Å²) in [5.41, 5.74) is 1.04. The maximum Gasteiger partial charge on any atom is 0.265 e. The van der Waals surface area contributed by atoms with E-state index in [1.54, 1.807) is 14.0 Å². The summed E-state index contributed by atoms with van der Waals surface area (Å²) in [5, 5.41) is 13.1. The minimum Gasteiger partial charge on any atom is -0.495 e. The fourth-order valence-electron chi connectivity index (χ4n) is 2.20. The second-order valence-corrected chi connectivity index (χ2v) is 6.53. The monoisotopic (exact) mass is 319 g/mol. The number of thiophene rings is 1. The zero-order valence-electron chi connectivity index (χ0n) is 13.0. The standard InChI is InChI=1S/C17H21NO3S/c1-11-9-15(21-3)16(22-11)17(20)18-12(2)14(19)10-13-7-5-4-6-8-13/h4-9,12,14,19H,10H2,1-3H3,(H,18,20). The molecule has 1 amide bonds. The van der Waals surface area contributed by atoms with Crippen LogP contribution in [0.25, 0.3) is 0 Å². The molecule has 0 spiro atoms. The fraction of sp³-hybridized carbons (Fsp3) is 0.353. The van der Waals surface area contributed by atoms with Crippen molar-refractivity contribution in [3.05, 3.63) is 51.7 Å². The highest BCUT2D eigenvalue weighted by molar-refractivity contribution is 7.14. The van der Waals surface area contributed by atoms with Crippen molar-refractivity contribution in [2.45, 2.75) is 32.4 Å². The molecule has 118 valence electrons. The first-order chi connectivity index (χ1) is 10.5. The summed E-state index contributed by atoms with van der Waals surface area (Å²) in [5.74, 6) is 0.360. The molecule has 0 fully saturated rings. The van der Waals surface area contributed by atoms with Gasteiger partial charge in [0.2, 0.25) is 0 Å². The number of nitrogens with one attached hydrogen (secondary N) is 1. The molecule has 1 heterocycles. The molecule has 0 saturated carbocycles. The topological polar surface area (TPSA) is 58.6 Å². The van der Waals surface area contributed by atoms with Gasteiger partial charge in [-0.25, -0.2) is 0 Å². The highest BCUT2D eigenvalue weighted by Crippen LogP contribution is 2.28. The summed E-state index contributed by atoms with van der Waals surface area (Å²) in [4.78, 5) is 13.9. The van der Waals surface area contributed by atoms with Crippen molar-refractivity contribution < 1.29 is 14.6 Å². The quantitative estimate of drug-likeness (QED) is 0.861. The molecule has 4 nitrogen and oxygen atoms in total. The molecule has 2 unspecified atom stereocenters. The molecule has 1 aromatic carbocycles. The molecule has 2 atom stereocenters. The molecular formula is C17H21NO3S. The van der Waals surface area contributed by atoms with E-state index in [0.29, 0.717) is 17.0 Å². The van der Waals surface area contributed by atoms with Gasteiger partial charge in [0.15, 0.2) is 0 Å². The van der Waals surface area contributed by atoms with Crippen LogP contribution in [-0.2, 0) is 6.42 Å². The molecule has 22 heavy (non-hydrogen) atoms. The number of hydrogen-bond donors (Lipinski definition) is 2. The minimum atomic E-state index is -0.640. The zero-order valence-corrected chi connectivity index (χ0v) is 13.8. The Morgan fingerprint density at radius 2 is 2.05 bits per heavy atom. The fourth-order valence-corrected chi connectivity index (χ4v) is 3.08. The van der Waals surface area contributed by atoms with E-state index in [0.717, 1.165) is 10.4 Å². The lowest BCUT2D eigenvalue weighted by atomic mass is 10.0. The summed E-state index contributed by atoms with van der Waals surface area (Å²) in [6.45, 7) is 3.73. The third-order valence-corrected chi connectivity index (χ3v) is 4.50. The number of benzene rings is 1. The molecule has 0 aliphatic carbocycles. The van der Waals surface area contributed by atoms with Gasteiger partial charge >= 0.3 is 0 Å². The van der Waals surface area contributed by atoms with Crippen LogP contribution in [0.15, 0.2) is 36.4 Å². The van der Waals surface area contributed by atoms with Crippen molar-refractivity contribution in [3.63, 3.8) is 0 Å². The van der Waals surface area contributed by atoms with Crippen molar-refractivity contribution in [3.8, 4) is 5.75 Å². The largest absolute Gasteiger partial charge is 0.495 e. The smallest absolute Gasteiger partial charge is 0.265 e. The van der Waals surface area contributed by atoms with Gasteiger partial charge in [-0.1, -0.05) is 30.3 Å². The highest BCUT2D eigenvalue weighted by Gasteiger charge is 2.21. The number of hydrogen-bond acceptors (Lipinski definition) is 4. The number of aliphatic hydroxyl groups is 1. The molecule has 0 aliphatic rings. The van der Waals surface area contributed by atoms with Crippen LogP contribution in [0.3, 0.4) is 0 Å². The van der Waals surface area contributed by atoms with Crippen LogP contribution in [0, 0.1) is 6.92 Å². The summed E-state index contributed by atoms with van der Waals surface area (Å²) >= 11 is 1.39. The second-order valence-electron chi connectivity index (χ2n) is 5.27. The van der Waals surface area contributed by atoms with Gasteiger partial charge in [0, 0.05) is 11.3 Å². The Bertz CT molecular complexity index is 624. The number of rotatable bonds is 6. The molecule has 2 N–H and O–H groups in total. The summed E-state index contributed by atoms with van der Waals surface area (Å²) in [7, 11) is 1.55. The Kier molecular flexibility index (Phi) is 5.57. The number of carbonyl (C=O) groups is 1. The van der Waals surface area contributed by atoms with E-state index in [9.17, 15) is 9.90 Å². The summed E-state index contributed by atoms with van der Waals surface area (Å²) in [6, 6.07) is 11.2. The Morgan fingerprint density at radius 1 is 1.36 bits per heavy atom. The molecule has 0 saturated heterocycles. The number of aliphatic hydroxyl groups excluding tert-OH is 1. The molecule has 0 radical (unpaired) electrons. The van der Waals surface area contributed by atoms with Crippen LogP contribution in [0.1, 0.15) is 27.0 Å². The first kappa shape index (κ1) is 16.5. The number of ether oxygens (including phenoxy) is 1. The third-order valence-electron chi connectivity index (χ3n) is 3.47. The Labute approximate surface area is 134 Å². The van der Waals surface area contributed by atoms with Crippen LogP contribution >= 0.6 is 11.3 Å². The van der Waals surface area contributed by atoms with Gasteiger partial charge in [0.1, 0.15) is 10.6 Å².